The summed E-state index contributed by atoms with van der Waals surface area (Å²) in [7, 11) is 0. The van der Waals surface area contributed by atoms with E-state index in [0.29, 0.717) is 5.56 Å². The minimum absolute atomic E-state index is 0.548. The van der Waals surface area contributed by atoms with Crippen molar-refractivity contribution >= 4 is 39.3 Å². The number of carboxylic acids is 1. The molecule has 1 aromatic heterocycles. The van der Waals surface area contributed by atoms with Gasteiger partial charge in [0.1, 0.15) is 0 Å². The fourth-order valence-corrected chi connectivity index (χ4v) is 1.74. The van der Waals surface area contributed by atoms with Gasteiger partial charge in [-0.05, 0) is 39.0 Å². The average Bonchev–Trinajstić information content (AvgIpc) is 2.35. The second-order valence-electron chi connectivity index (χ2n) is 1.98. The molecule has 0 fully saturated rings. The molecule has 0 saturated carbocycles. The third-order valence-corrected chi connectivity index (χ3v) is 2.61. The Bertz CT molecular complexity index is 332. The zero-order valence-corrected chi connectivity index (χ0v) is 8.15. The quantitative estimate of drug-likeness (QED) is 0.820. The molecule has 0 unspecified atom stereocenters. The molecule has 0 aliphatic heterocycles. The summed E-state index contributed by atoms with van der Waals surface area (Å²) in [5.41, 5.74) is 0.548. The van der Waals surface area contributed by atoms with Gasteiger partial charge in [-0.25, -0.2) is 4.79 Å². The molecule has 0 aromatic carbocycles. The first-order valence-electron chi connectivity index (χ1n) is 2.94. The summed E-state index contributed by atoms with van der Waals surface area (Å²) < 4.78 is 13.3. The SMILES string of the molecule is O=C(O)/C(F)=C/c1csc(Br)c1. The van der Waals surface area contributed by atoms with Gasteiger partial charge in [0.2, 0.25) is 5.83 Å². The van der Waals surface area contributed by atoms with Gasteiger partial charge in [0, 0.05) is 0 Å². The topological polar surface area (TPSA) is 37.3 Å². The van der Waals surface area contributed by atoms with Crippen LogP contribution in [0.1, 0.15) is 5.56 Å². The summed E-state index contributed by atoms with van der Waals surface area (Å²) in [5.74, 6) is -2.70. The molecule has 0 atom stereocenters. The molecule has 0 aliphatic rings. The number of hydrogen-bond acceptors (Lipinski definition) is 2. The maximum Gasteiger partial charge on any atom is 0.364 e. The largest absolute Gasteiger partial charge is 0.476 e. The summed E-state index contributed by atoms with van der Waals surface area (Å²) >= 11 is 4.55. The van der Waals surface area contributed by atoms with Gasteiger partial charge < -0.3 is 5.11 Å². The molecule has 1 rings (SSSR count). The lowest BCUT2D eigenvalue weighted by Gasteiger charge is -1.85. The molecule has 0 spiro atoms. The fraction of sp³-hybridized carbons (Fsp3) is 0. The Hall–Kier alpha value is -0.680. The van der Waals surface area contributed by atoms with Crippen molar-refractivity contribution in [1.29, 1.82) is 0 Å². The highest BCUT2D eigenvalue weighted by atomic mass is 79.9. The number of hydrogen-bond donors (Lipinski definition) is 1. The number of thiophene rings is 1. The van der Waals surface area contributed by atoms with Crippen LogP contribution in [0.15, 0.2) is 21.1 Å². The number of carbonyl (C=O) groups is 1. The van der Waals surface area contributed by atoms with Gasteiger partial charge in [-0.3, -0.25) is 0 Å². The average molecular weight is 251 g/mol. The molecule has 0 radical (unpaired) electrons. The lowest BCUT2D eigenvalue weighted by molar-refractivity contribution is -0.134. The Labute approximate surface area is 80.5 Å². The van der Waals surface area contributed by atoms with E-state index in [1.165, 1.54) is 11.3 Å². The van der Waals surface area contributed by atoms with Crippen LogP contribution >= 0.6 is 27.3 Å². The summed E-state index contributed by atoms with van der Waals surface area (Å²) in [6, 6.07) is 1.65. The standard InChI is InChI=1S/C7H4BrFO2S/c8-6-2-4(3-12-6)1-5(9)7(10)11/h1-3H,(H,10,11)/b5-1-. The first-order chi connectivity index (χ1) is 5.59. The normalized spacial score (nSPS) is 11.7. The van der Waals surface area contributed by atoms with Crippen LogP contribution in [0.2, 0.25) is 0 Å². The van der Waals surface area contributed by atoms with Crippen LogP contribution in [-0.2, 0) is 4.79 Å². The Morgan fingerprint density at radius 1 is 1.75 bits per heavy atom. The van der Waals surface area contributed by atoms with Gasteiger partial charge in [-0.2, -0.15) is 4.39 Å². The van der Waals surface area contributed by atoms with E-state index in [9.17, 15) is 9.18 Å². The van der Waals surface area contributed by atoms with Crippen LogP contribution in [0.4, 0.5) is 4.39 Å². The van der Waals surface area contributed by atoms with Crippen molar-refractivity contribution in [2.24, 2.45) is 0 Å². The number of carboxylic acid groups (broad SMARTS) is 1. The summed E-state index contributed by atoms with van der Waals surface area (Å²) in [6.45, 7) is 0. The highest BCUT2D eigenvalue weighted by Gasteiger charge is 2.05. The molecule has 0 aliphatic carbocycles. The van der Waals surface area contributed by atoms with Gasteiger partial charge >= 0.3 is 5.97 Å². The molecular weight excluding hydrogens is 247 g/mol. The van der Waals surface area contributed by atoms with Crippen LogP contribution in [0.25, 0.3) is 6.08 Å². The second-order valence-corrected chi connectivity index (χ2v) is 4.27. The van der Waals surface area contributed by atoms with E-state index in [0.717, 1.165) is 9.86 Å². The predicted octanol–water partition coefficient (Wildman–Crippen LogP) is 2.91. The third-order valence-electron chi connectivity index (χ3n) is 1.09. The molecule has 0 amide bonds. The number of rotatable bonds is 2. The Morgan fingerprint density at radius 3 is 2.83 bits per heavy atom. The first-order valence-corrected chi connectivity index (χ1v) is 4.61. The van der Waals surface area contributed by atoms with Gasteiger partial charge in [-0.15, -0.1) is 11.3 Å². The van der Waals surface area contributed by atoms with E-state index in [-0.39, 0.29) is 0 Å². The number of halogens is 2. The van der Waals surface area contributed by atoms with E-state index >= 15 is 0 Å². The van der Waals surface area contributed by atoms with Gasteiger partial charge in [0.15, 0.2) is 0 Å². The lowest BCUT2D eigenvalue weighted by atomic mass is 10.3. The Kier molecular flexibility index (Phi) is 2.99. The zero-order chi connectivity index (χ0) is 9.14. The van der Waals surface area contributed by atoms with Crippen LogP contribution < -0.4 is 0 Å². The van der Waals surface area contributed by atoms with Crippen molar-refractivity contribution < 1.29 is 14.3 Å². The predicted molar refractivity (Wildman–Crippen MR) is 48.7 cm³/mol. The zero-order valence-electron chi connectivity index (χ0n) is 5.75. The maximum absolute atomic E-state index is 12.5. The van der Waals surface area contributed by atoms with Crippen molar-refractivity contribution in [1.82, 2.24) is 0 Å². The summed E-state index contributed by atoms with van der Waals surface area (Å²) in [5, 5.41) is 9.86. The van der Waals surface area contributed by atoms with Gasteiger partial charge in [0.05, 0.1) is 3.79 Å². The first kappa shape index (κ1) is 9.41. The minimum atomic E-state index is -1.54. The summed E-state index contributed by atoms with van der Waals surface area (Å²) in [4.78, 5) is 10.1. The van der Waals surface area contributed by atoms with Crippen molar-refractivity contribution in [3.05, 3.63) is 26.6 Å². The Balaban J connectivity index is 2.87. The molecule has 5 heteroatoms. The monoisotopic (exact) mass is 250 g/mol. The van der Waals surface area contributed by atoms with Crippen molar-refractivity contribution in [3.8, 4) is 0 Å². The molecule has 0 bridgehead atoms. The van der Waals surface area contributed by atoms with E-state index in [1.54, 1.807) is 11.4 Å². The smallest absolute Gasteiger partial charge is 0.364 e. The third kappa shape index (κ3) is 2.42. The van der Waals surface area contributed by atoms with Crippen molar-refractivity contribution in [2.75, 3.05) is 0 Å². The van der Waals surface area contributed by atoms with Crippen LogP contribution in [0.3, 0.4) is 0 Å². The van der Waals surface area contributed by atoms with Crippen LogP contribution in [-0.4, -0.2) is 11.1 Å². The van der Waals surface area contributed by atoms with E-state index in [1.807, 2.05) is 0 Å². The van der Waals surface area contributed by atoms with E-state index in [2.05, 4.69) is 15.9 Å². The molecule has 1 heterocycles. The Morgan fingerprint density at radius 2 is 2.42 bits per heavy atom. The highest BCUT2D eigenvalue weighted by molar-refractivity contribution is 9.11. The van der Waals surface area contributed by atoms with Crippen molar-refractivity contribution in [3.63, 3.8) is 0 Å². The molecule has 12 heavy (non-hydrogen) atoms. The maximum atomic E-state index is 12.5. The van der Waals surface area contributed by atoms with Gasteiger partial charge in [0.25, 0.3) is 0 Å². The minimum Gasteiger partial charge on any atom is -0.476 e. The van der Waals surface area contributed by atoms with Crippen LogP contribution in [0, 0.1) is 0 Å². The fourth-order valence-electron chi connectivity index (χ4n) is 0.607. The molecular formula is C7H4BrFO2S. The molecule has 0 saturated heterocycles. The molecule has 2 nitrogen and oxygen atoms in total. The van der Waals surface area contributed by atoms with Gasteiger partial charge in [-0.1, -0.05) is 0 Å². The lowest BCUT2D eigenvalue weighted by Crippen LogP contribution is -1.93. The summed E-state index contributed by atoms with van der Waals surface area (Å²) in [6.07, 6.45) is 0.976. The molecule has 1 N–H and O–H groups in total. The van der Waals surface area contributed by atoms with E-state index < -0.39 is 11.8 Å². The molecule has 1 aromatic rings. The molecule has 64 valence electrons. The van der Waals surface area contributed by atoms with E-state index in [4.69, 9.17) is 5.11 Å². The highest BCUT2D eigenvalue weighted by Crippen LogP contribution is 2.22. The second kappa shape index (κ2) is 3.82. The van der Waals surface area contributed by atoms with Crippen LogP contribution in [0.5, 0.6) is 0 Å². The number of aliphatic carboxylic acids is 1. The van der Waals surface area contributed by atoms with Crippen molar-refractivity contribution in [2.45, 2.75) is 0 Å².